The number of nitrogens with zero attached hydrogens (tertiary/aromatic N) is 1. The lowest BCUT2D eigenvalue weighted by atomic mass is 10.1. The summed E-state index contributed by atoms with van der Waals surface area (Å²) >= 11 is 0. The molecule has 0 radical (unpaired) electrons. The summed E-state index contributed by atoms with van der Waals surface area (Å²) in [7, 11) is 0. The van der Waals surface area contributed by atoms with E-state index in [-0.39, 0.29) is 18.5 Å². The zero-order valence-electron chi connectivity index (χ0n) is 13.5. The molecule has 0 unspecified atom stereocenters. The van der Waals surface area contributed by atoms with Crippen LogP contribution in [0.1, 0.15) is 26.7 Å². The smallest absolute Gasteiger partial charge is 0.306 e. The van der Waals surface area contributed by atoms with E-state index < -0.39 is 0 Å². The van der Waals surface area contributed by atoms with Gasteiger partial charge in [-0.2, -0.15) is 0 Å². The highest BCUT2D eigenvalue weighted by Crippen LogP contribution is 2.16. The van der Waals surface area contributed by atoms with Crippen LogP contribution in [0.2, 0.25) is 0 Å². The van der Waals surface area contributed by atoms with Crippen LogP contribution in [-0.2, 0) is 14.3 Å². The topological polar surface area (TPSA) is 111 Å². The molecule has 7 heteroatoms. The molecule has 0 bridgehead atoms. The van der Waals surface area contributed by atoms with E-state index in [9.17, 15) is 9.59 Å². The van der Waals surface area contributed by atoms with Crippen molar-refractivity contribution in [1.82, 2.24) is 0 Å². The van der Waals surface area contributed by atoms with Crippen molar-refractivity contribution in [3.05, 3.63) is 36.2 Å². The normalized spacial score (nSPS) is 11.2. The van der Waals surface area contributed by atoms with Crippen LogP contribution in [0, 0.1) is 5.92 Å². The Balaban J connectivity index is 2.46. The van der Waals surface area contributed by atoms with Gasteiger partial charge in [0.05, 0.1) is 12.3 Å². The maximum atomic E-state index is 11.4. The molecule has 0 heterocycles. The van der Waals surface area contributed by atoms with Gasteiger partial charge in [-0.05, 0) is 30.2 Å². The van der Waals surface area contributed by atoms with Gasteiger partial charge in [-0.25, -0.2) is 5.84 Å². The number of nitrogens with two attached hydrogens (primary N) is 2. The zero-order valence-corrected chi connectivity index (χ0v) is 13.5. The molecule has 0 saturated carbocycles. The second-order valence-electron chi connectivity index (χ2n) is 5.49. The Morgan fingerprint density at radius 3 is 2.57 bits per heavy atom. The van der Waals surface area contributed by atoms with Gasteiger partial charge in [-0.1, -0.05) is 13.8 Å². The number of amides is 1. The molecule has 5 N–H and O–H groups in total. The molecule has 0 atom stereocenters. The standard InChI is InChI=1S/C16H24N4O3/c1-12(2)9-16(22)23-8-7-13(17)10-20(18)15-5-3-14(4-6-15)19-11-21/h3-6,10-12H,7-9,17-18H2,1-2H3,(H,19,21)/b13-10-. The van der Waals surface area contributed by atoms with Crippen LogP contribution in [0.25, 0.3) is 0 Å². The van der Waals surface area contributed by atoms with E-state index in [2.05, 4.69) is 5.32 Å². The first-order valence-electron chi connectivity index (χ1n) is 7.38. The van der Waals surface area contributed by atoms with Crippen molar-refractivity contribution in [2.24, 2.45) is 17.5 Å². The van der Waals surface area contributed by atoms with Gasteiger partial charge in [0.25, 0.3) is 0 Å². The highest BCUT2D eigenvalue weighted by atomic mass is 16.5. The molecular weight excluding hydrogens is 296 g/mol. The molecule has 1 amide bonds. The monoisotopic (exact) mass is 320 g/mol. The van der Waals surface area contributed by atoms with Gasteiger partial charge in [-0.15, -0.1) is 0 Å². The molecule has 23 heavy (non-hydrogen) atoms. The molecule has 1 aromatic rings. The van der Waals surface area contributed by atoms with Gasteiger partial charge in [-0.3, -0.25) is 14.6 Å². The third-order valence-electron chi connectivity index (χ3n) is 2.92. The van der Waals surface area contributed by atoms with E-state index in [1.54, 1.807) is 30.5 Å². The van der Waals surface area contributed by atoms with Crippen molar-refractivity contribution in [1.29, 1.82) is 0 Å². The Kier molecular flexibility index (Phi) is 7.62. The predicted octanol–water partition coefficient (Wildman–Crippen LogP) is 1.71. The molecule has 0 saturated heterocycles. The summed E-state index contributed by atoms with van der Waals surface area (Å²) in [6.45, 7) is 4.14. The lowest BCUT2D eigenvalue weighted by Crippen LogP contribution is -2.26. The Hall–Kier alpha value is -2.54. The molecule has 0 aliphatic heterocycles. The molecule has 0 aliphatic carbocycles. The van der Waals surface area contributed by atoms with E-state index in [1.165, 1.54) is 5.01 Å². The Morgan fingerprint density at radius 2 is 2.00 bits per heavy atom. The maximum absolute atomic E-state index is 11.4. The van der Waals surface area contributed by atoms with Gasteiger partial charge in [0.15, 0.2) is 0 Å². The van der Waals surface area contributed by atoms with E-state index in [0.29, 0.717) is 36.3 Å². The fraction of sp³-hybridized carbons (Fsp3) is 0.375. The third-order valence-corrected chi connectivity index (χ3v) is 2.92. The van der Waals surface area contributed by atoms with Crippen molar-refractivity contribution < 1.29 is 14.3 Å². The van der Waals surface area contributed by atoms with Gasteiger partial charge < -0.3 is 15.8 Å². The SMILES string of the molecule is CC(C)CC(=O)OCC/C(N)=C/N(N)c1ccc(NC=O)cc1. The van der Waals surface area contributed by atoms with Crippen LogP contribution < -0.4 is 21.9 Å². The predicted molar refractivity (Wildman–Crippen MR) is 90.1 cm³/mol. The number of anilines is 2. The number of benzene rings is 1. The van der Waals surface area contributed by atoms with E-state index in [0.717, 1.165) is 0 Å². The summed E-state index contributed by atoms with van der Waals surface area (Å²) in [5, 5.41) is 3.91. The Labute approximate surface area is 136 Å². The lowest BCUT2D eigenvalue weighted by molar-refractivity contribution is -0.144. The quantitative estimate of drug-likeness (QED) is 0.276. The van der Waals surface area contributed by atoms with Gasteiger partial charge in [0.2, 0.25) is 6.41 Å². The van der Waals surface area contributed by atoms with Gasteiger partial charge >= 0.3 is 5.97 Å². The van der Waals surface area contributed by atoms with Gasteiger partial charge in [0, 0.05) is 30.4 Å². The summed E-state index contributed by atoms with van der Waals surface area (Å²) in [4.78, 5) is 21.8. The molecule has 1 rings (SSSR count). The largest absolute Gasteiger partial charge is 0.465 e. The number of rotatable bonds is 9. The number of hydrogen-bond donors (Lipinski definition) is 3. The summed E-state index contributed by atoms with van der Waals surface area (Å²) in [6.07, 6.45) is 2.97. The van der Waals surface area contributed by atoms with Crippen LogP contribution >= 0.6 is 0 Å². The number of esters is 1. The molecule has 0 fully saturated rings. The van der Waals surface area contributed by atoms with Crippen molar-refractivity contribution >= 4 is 23.8 Å². The molecule has 0 aliphatic rings. The maximum Gasteiger partial charge on any atom is 0.306 e. The number of hydrogen-bond acceptors (Lipinski definition) is 6. The number of nitrogens with one attached hydrogen (secondary N) is 1. The van der Waals surface area contributed by atoms with Gasteiger partial charge in [0.1, 0.15) is 0 Å². The second kappa shape index (κ2) is 9.47. The van der Waals surface area contributed by atoms with Crippen molar-refractivity contribution in [2.75, 3.05) is 16.9 Å². The van der Waals surface area contributed by atoms with Crippen LogP contribution in [-0.4, -0.2) is 19.0 Å². The molecule has 126 valence electrons. The number of hydrazine groups is 1. The van der Waals surface area contributed by atoms with Crippen molar-refractivity contribution in [3.63, 3.8) is 0 Å². The Bertz CT molecular complexity index is 541. The Morgan fingerprint density at radius 1 is 1.35 bits per heavy atom. The summed E-state index contributed by atoms with van der Waals surface area (Å²) in [6, 6.07) is 6.94. The fourth-order valence-electron chi connectivity index (χ4n) is 1.79. The lowest BCUT2D eigenvalue weighted by Gasteiger charge is -2.15. The van der Waals surface area contributed by atoms with E-state index in [1.807, 2.05) is 13.8 Å². The minimum atomic E-state index is -0.226. The van der Waals surface area contributed by atoms with Crippen molar-refractivity contribution in [2.45, 2.75) is 26.7 Å². The third kappa shape index (κ3) is 7.32. The summed E-state index contributed by atoms with van der Waals surface area (Å²) in [5.41, 5.74) is 7.75. The fourth-order valence-corrected chi connectivity index (χ4v) is 1.79. The molecular formula is C16H24N4O3. The molecule has 0 spiro atoms. The van der Waals surface area contributed by atoms with Crippen LogP contribution in [0.4, 0.5) is 11.4 Å². The molecule has 0 aromatic heterocycles. The number of ether oxygens (including phenoxy) is 1. The first-order valence-corrected chi connectivity index (χ1v) is 7.38. The van der Waals surface area contributed by atoms with Crippen molar-refractivity contribution in [3.8, 4) is 0 Å². The molecule has 1 aromatic carbocycles. The van der Waals surface area contributed by atoms with E-state index in [4.69, 9.17) is 16.3 Å². The van der Waals surface area contributed by atoms with Crippen LogP contribution in [0.5, 0.6) is 0 Å². The summed E-state index contributed by atoms with van der Waals surface area (Å²) in [5.74, 6) is 5.94. The first kappa shape index (κ1) is 18.5. The van der Waals surface area contributed by atoms with Crippen LogP contribution in [0.3, 0.4) is 0 Å². The average Bonchev–Trinajstić information content (AvgIpc) is 2.47. The summed E-state index contributed by atoms with van der Waals surface area (Å²) < 4.78 is 5.09. The number of carbonyl (C=O) groups excluding carboxylic acids is 2. The highest BCUT2D eigenvalue weighted by molar-refractivity contribution is 5.72. The van der Waals surface area contributed by atoms with Crippen LogP contribution in [0.15, 0.2) is 36.2 Å². The highest BCUT2D eigenvalue weighted by Gasteiger charge is 2.06. The van der Waals surface area contributed by atoms with E-state index >= 15 is 0 Å². The number of carbonyl (C=O) groups is 2. The average molecular weight is 320 g/mol. The zero-order chi connectivity index (χ0) is 17.2. The first-order chi connectivity index (χ1) is 10.9. The second-order valence-corrected chi connectivity index (χ2v) is 5.49. The minimum Gasteiger partial charge on any atom is -0.465 e. The molecule has 7 nitrogen and oxygen atoms in total. The minimum absolute atomic E-state index is 0.226.